The number of aromatic nitrogens is 4. The summed E-state index contributed by atoms with van der Waals surface area (Å²) in [6.45, 7) is 8.30. The first-order valence-corrected chi connectivity index (χ1v) is 7.44. The van der Waals surface area contributed by atoms with Crippen molar-refractivity contribution in [3.05, 3.63) is 10.9 Å². The average molecular weight is 342 g/mol. The average Bonchev–Trinajstić information content (AvgIpc) is 2.74. The number of aliphatic hydroxyl groups is 1. The van der Waals surface area contributed by atoms with Crippen LogP contribution in [-0.2, 0) is 5.54 Å². The number of aliphatic hydroxyl groups excluding tert-OH is 1. The molecule has 2 rings (SSSR count). The van der Waals surface area contributed by atoms with Crippen molar-refractivity contribution in [2.24, 2.45) is 0 Å². The topological polar surface area (TPSA) is 75.9 Å². The number of halogens is 1. The van der Waals surface area contributed by atoms with E-state index >= 15 is 0 Å². The lowest BCUT2D eigenvalue weighted by Crippen LogP contribution is -2.24. The Morgan fingerprint density at radius 3 is 2.65 bits per heavy atom. The predicted octanol–water partition coefficient (Wildman–Crippen LogP) is 2.53. The third kappa shape index (κ3) is 2.78. The lowest BCUT2D eigenvalue weighted by Gasteiger charge is -2.20. The van der Waals surface area contributed by atoms with Crippen LogP contribution in [0.4, 0.5) is 5.82 Å². The summed E-state index contributed by atoms with van der Waals surface area (Å²) in [5.74, 6) is 0.693. The van der Waals surface area contributed by atoms with Gasteiger partial charge >= 0.3 is 0 Å². The fourth-order valence-electron chi connectivity index (χ4n) is 1.96. The maximum atomic E-state index is 9.32. The second-order valence-electron chi connectivity index (χ2n) is 5.73. The van der Waals surface area contributed by atoms with Gasteiger partial charge in [0.2, 0.25) is 0 Å². The maximum Gasteiger partial charge on any atom is 0.165 e. The van der Waals surface area contributed by atoms with Gasteiger partial charge in [-0.05, 0) is 43.1 Å². The van der Waals surface area contributed by atoms with Gasteiger partial charge in [0.05, 0.1) is 23.6 Å². The minimum atomic E-state index is -0.170. The highest BCUT2D eigenvalue weighted by atomic mass is 79.9. The Kier molecular flexibility index (Phi) is 4.29. The molecule has 0 amide bonds. The molecule has 0 aromatic carbocycles. The predicted molar refractivity (Wildman–Crippen MR) is 82.8 cm³/mol. The zero-order valence-electron chi connectivity index (χ0n) is 12.2. The maximum absolute atomic E-state index is 9.32. The van der Waals surface area contributed by atoms with Crippen LogP contribution in [0.3, 0.4) is 0 Å². The second-order valence-corrected chi connectivity index (χ2v) is 6.48. The Morgan fingerprint density at radius 2 is 2.10 bits per heavy atom. The van der Waals surface area contributed by atoms with Crippen LogP contribution < -0.4 is 5.32 Å². The Balaban J connectivity index is 2.56. The highest BCUT2D eigenvalue weighted by Gasteiger charge is 2.23. The van der Waals surface area contributed by atoms with Crippen LogP contribution in [0.5, 0.6) is 0 Å². The fourth-order valence-corrected chi connectivity index (χ4v) is 2.48. The van der Waals surface area contributed by atoms with Gasteiger partial charge in [-0.1, -0.05) is 6.92 Å². The first-order valence-electron chi connectivity index (χ1n) is 6.65. The molecule has 0 fully saturated rings. The number of rotatable bonds is 4. The van der Waals surface area contributed by atoms with Crippen molar-refractivity contribution in [3.8, 4) is 0 Å². The fraction of sp³-hybridized carbons (Fsp3) is 0.615. The van der Waals surface area contributed by atoms with Crippen molar-refractivity contribution < 1.29 is 5.11 Å². The highest BCUT2D eigenvalue weighted by molar-refractivity contribution is 9.10. The smallest absolute Gasteiger partial charge is 0.165 e. The van der Waals surface area contributed by atoms with Gasteiger partial charge in [-0.25, -0.2) is 14.6 Å². The Bertz CT molecular complexity index is 601. The number of hydrogen-bond acceptors (Lipinski definition) is 5. The molecule has 0 bridgehead atoms. The molecule has 0 aliphatic carbocycles. The summed E-state index contributed by atoms with van der Waals surface area (Å²) in [6.07, 6.45) is 2.33. The van der Waals surface area contributed by atoms with E-state index in [0.717, 1.165) is 17.5 Å². The van der Waals surface area contributed by atoms with Gasteiger partial charge in [0.1, 0.15) is 16.7 Å². The molecule has 2 N–H and O–H groups in total. The van der Waals surface area contributed by atoms with Gasteiger partial charge in [-0.3, -0.25) is 0 Å². The molecule has 0 aliphatic heterocycles. The largest absolute Gasteiger partial charge is 0.394 e. The van der Waals surface area contributed by atoms with E-state index in [1.165, 1.54) is 6.33 Å². The Morgan fingerprint density at radius 1 is 1.40 bits per heavy atom. The summed E-state index contributed by atoms with van der Waals surface area (Å²) in [4.78, 5) is 8.63. The number of nitrogens with one attached hydrogen (secondary N) is 1. The first kappa shape index (κ1) is 15.2. The molecule has 0 saturated carbocycles. The molecule has 2 aromatic rings. The lowest BCUT2D eigenvalue weighted by atomic mass is 10.1. The summed E-state index contributed by atoms with van der Waals surface area (Å²) in [7, 11) is 0. The molecule has 2 heterocycles. The van der Waals surface area contributed by atoms with Crippen molar-refractivity contribution >= 4 is 32.8 Å². The van der Waals surface area contributed by atoms with Crippen LogP contribution in [-0.4, -0.2) is 37.5 Å². The van der Waals surface area contributed by atoms with Crippen LogP contribution in [0.25, 0.3) is 11.0 Å². The van der Waals surface area contributed by atoms with E-state index in [1.54, 1.807) is 0 Å². The van der Waals surface area contributed by atoms with Crippen molar-refractivity contribution in [1.29, 1.82) is 0 Å². The van der Waals surface area contributed by atoms with E-state index in [4.69, 9.17) is 0 Å². The summed E-state index contributed by atoms with van der Waals surface area (Å²) in [6, 6.07) is -0.0296. The standard InChI is InChI=1S/C13H20BrN5O/c1-5-8(6-20)17-11-9-10(14)18-19(13(2,3)4)12(9)16-7-15-11/h7-8,20H,5-6H2,1-4H3,(H,15,16,17)/t8-/m1/s1. The second kappa shape index (κ2) is 5.65. The van der Waals surface area contributed by atoms with Crippen LogP contribution in [0.15, 0.2) is 10.9 Å². The normalized spacial score (nSPS) is 13.7. The van der Waals surface area contributed by atoms with E-state index < -0.39 is 0 Å². The number of nitrogens with zero attached hydrogens (tertiary/aromatic N) is 4. The molecule has 0 spiro atoms. The van der Waals surface area contributed by atoms with Crippen LogP contribution in [0.1, 0.15) is 34.1 Å². The Labute approximate surface area is 126 Å². The summed E-state index contributed by atoms with van der Waals surface area (Å²) in [5.41, 5.74) is 0.603. The van der Waals surface area contributed by atoms with Crippen LogP contribution in [0.2, 0.25) is 0 Å². The minimum Gasteiger partial charge on any atom is -0.394 e. The molecule has 7 heteroatoms. The molecule has 0 radical (unpaired) electrons. The van der Waals surface area contributed by atoms with Crippen molar-refractivity contribution in [3.63, 3.8) is 0 Å². The molecule has 1 atom stereocenters. The van der Waals surface area contributed by atoms with Crippen LogP contribution in [0, 0.1) is 0 Å². The van der Waals surface area contributed by atoms with E-state index in [1.807, 2.05) is 11.6 Å². The molecule has 20 heavy (non-hydrogen) atoms. The van der Waals surface area contributed by atoms with Gasteiger partial charge < -0.3 is 10.4 Å². The molecular weight excluding hydrogens is 322 g/mol. The van der Waals surface area contributed by atoms with Gasteiger partial charge in [0.25, 0.3) is 0 Å². The van der Waals surface area contributed by atoms with Crippen molar-refractivity contribution in [2.75, 3.05) is 11.9 Å². The highest BCUT2D eigenvalue weighted by Crippen LogP contribution is 2.31. The molecular formula is C13H20BrN5O. The zero-order valence-corrected chi connectivity index (χ0v) is 13.8. The van der Waals surface area contributed by atoms with E-state index in [0.29, 0.717) is 10.4 Å². The van der Waals surface area contributed by atoms with Crippen molar-refractivity contribution in [2.45, 2.75) is 45.7 Å². The third-order valence-electron chi connectivity index (χ3n) is 3.11. The number of hydrogen-bond donors (Lipinski definition) is 2. The number of fused-ring (bicyclic) bond motifs is 1. The first-order chi connectivity index (χ1) is 9.38. The SMILES string of the molecule is CC[C@H](CO)Nc1ncnc2c1c(Br)nn2C(C)(C)C. The summed E-state index contributed by atoms with van der Waals surface area (Å²) >= 11 is 3.48. The molecule has 0 saturated heterocycles. The van der Waals surface area contributed by atoms with Gasteiger partial charge in [-0.15, -0.1) is 0 Å². The van der Waals surface area contributed by atoms with E-state index in [-0.39, 0.29) is 18.2 Å². The van der Waals surface area contributed by atoms with Crippen LogP contribution >= 0.6 is 15.9 Å². The lowest BCUT2D eigenvalue weighted by molar-refractivity contribution is 0.271. The monoisotopic (exact) mass is 341 g/mol. The molecule has 0 unspecified atom stereocenters. The molecule has 110 valence electrons. The van der Waals surface area contributed by atoms with Gasteiger partial charge in [-0.2, -0.15) is 5.10 Å². The third-order valence-corrected chi connectivity index (χ3v) is 3.67. The molecule has 0 aliphatic rings. The van der Waals surface area contributed by atoms with E-state index in [2.05, 4.69) is 57.1 Å². The zero-order chi connectivity index (χ0) is 14.9. The minimum absolute atomic E-state index is 0.0296. The van der Waals surface area contributed by atoms with E-state index in [9.17, 15) is 5.11 Å². The van der Waals surface area contributed by atoms with Gasteiger partial charge in [0.15, 0.2) is 5.65 Å². The summed E-state index contributed by atoms with van der Waals surface area (Å²) in [5, 5.41) is 17.9. The molecule has 6 nitrogen and oxygen atoms in total. The summed E-state index contributed by atoms with van der Waals surface area (Å²) < 4.78 is 2.58. The Hall–Kier alpha value is -1.21. The quantitative estimate of drug-likeness (QED) is 0.893. The molecule has 2 aromatic heterocycles. The number of anilines is 1. The van der Waals surface area contributed by atoms with Gasteiger partial charge in [0, 0.05) is 0 Å². The van der Waals surface area contributed by atoms with Crippen molar-refractivity contribution in [1.82, 2.24) is 19.7 Å².